The molecule has 0 amide bonds. The summed E-state index contributed by atoms with van der Waals surface area (Å²) in [5.74, 6) is 0. The van der Waals surface area contributed by atoms with E-state index in [0.29, 0.717) is 0 Å². The van der Waals surface area contributed by atoms with Crippen LogP contribution in [0, 0.1) is 0 Å². The highest BCUT2D eigenvalue weighted by atomic mass is 15.1. The van der Waals surface area contributed by atoms with E-state index in [2.05, 4.69) is 240 Å². The third-order valence-electron chi connectivity index (χ3n) is 10.8. The van der Waals surface area contributed by atoms with Crippen LogP contribution in [0.25, 0.3) is 72.0 Å². The molecule has 0 aliphatic carbocycles. The lowest BCUT2D eigenvalue weighted by atomic mass is 9.96. The molecular weight excluding hydrogens is 677 g/mol. The van der Waals surface area contributed by atoms with Crippen LogP contribution in [0.2, 0.25) is 0 Å². The van der Waals surface area contributed by atoms with Crippen molar-refractivity contribution in [2.75, 3.05) is 4.90 Å². The Kier molecular flexibility index (Phi) is 8.55. The van der Waals surface area contributed by atoms with Crippen molar-refractivity contribution in [2.45, 2.75) is 0 Å². The highest BCUT2D eigenvalue weighted by Gasteiger charge is 2.20. The fraction of sp³-hybridized carbons (Fsp3) is 0. The van der Waals surface area contributed by atoms with Gasteiger partial charge in [-0.15, -0.1) is 0 Å². The maximum absolute atomic E-state index is 2.42. The molecule has 10 aromatic rings. The zero-order chi connectivity index (χ0) is 37.3. The summed E-state index contributed by atoms with van der Waals surface area (Å²) < 4.78 is 2.38. The standard InChI is InChI=1S/C54H38N2/c1-4-17-39(18-5-1)44-35-45(40-19-6-2-7-20-40)38-48(37-44)55(52-28-13-10-25-49(52)42-21-8-3-9-22-42)46-33-31-41(32-34-46)43-23-16-24-47(36-43)56-53-29-14-11-26-50(53)51-27-12-15-30-54(51)56/h1-38H. The van der Waals surface area contributed by atoms with Gasteiger partial charge in [-0.2, -0.15) is 0 Å². The largest absolute Gasteiger partial charge is 0.310 e. The highest BCUT2D eigenvalue weighted by molar-refractivity contribution is 6.09. The second kappa shape index (κ2) is 14.4. The summed E-state index contributed by atoms with van der Waals surface area (Å²) in [7, 11) is 0. The van der Waals surface area contributed by atoms with E-state index >= 15 is 0 Å². The summed E-state index contributed by atoms with van der Waals surface area (Å²) in [4.78, 5) is 2.42. The van der Waals surface area contributed by atoms with Gasteiger partial charge in [0.25, 0.3) is 0 Å². The Hall–Kier alpha value is -7.42. The van der Waals surface area contributed by atoms with E-state index in [1.54, 1.807) is 0 Å². The van der Waals surface area contributed by atoms with Gasteiger partial charge in [0.2, 0.25) is 0 Å². The predicted molar refractivity (Wildman–Crippen MR) is 237 cm³/mol. The smallest absolute Gasteiger partial charge is 0.0541 e. The average Bonchev–Trinajstić information content (AvgIpc) is 3.62. The number of aromatic nitrogens is 1. The molecule has 264 valence electrons. The molecule has 0 atom stereocenters. The third kappa shape index (κ3) is 6.14. The van der Waals surface area contributed by atoms with E-state index in [-0.39, 0.29) is 0 Å². The molecule has 10 rings (SSSR count). The van der Waals surface area contributed by atoms with Gasteiger partial charge < -0.3 is 9.47 Å². The molecule has 56 heavy (non-hydrogen) atoms. The first-order valence-electron chi connectivity index (χ1n) is 19.2. The van der Waals surface area contributed by atoms with Crippen molar-refractivity contribution in [3.8, 4) is 50.2 Å². The molecule has 2 nitrogen and oxygen atoms in total. The minimum Gasteiger partial charge on any atom is -0.310 e. The van der Waals surface area contributed by atoms with Crippen molar-refractivity contribution in [3.63, 3.8) is 0 Å². The number of anilines is 3. The molecular formula is C54H38N2. The Balaban J connectivity index is 1.12. The van der Waals surface area contributed by atoms with Crippen molar-refractivity contribution >= 4 is 38.9 Å². The molecule has 0 radical (unpaired) electrons. The Bertz CT molecular complexity index is 2830. The van der Waals surface area contributed by atoms with Gasteiger partial charge in [-0.05, 0) is 99.6 Å². The fourth-order valence-electron chi connectivity index (χ4n) is 8.12. The molecule has 1 heterocycles. The van der Waals surface area contributed by atoms with Crippen LogP contribution < -0.4 is 4.90 Å². The van der Waals surface area contributed by atoms with Crippen LogP contribution in [0.4, 0.5) is 17.1 Å². The molecule has 0 aliphatic heterocycles. The molecule has 0 saturated carbocycles. The first kappa shape index (κ1) is 33.2. The van der Waals surface area contributed by atoms with Crippen molar-refractivity contribution in [1.82, 2.24) is 4.57 Å². The fourth-order valence-corrected chi connectivity index (χ4v) is 8.12. The van der Waals surface area contributed by atoms with Crippen LogP contribution in [0.15, 0.2) is 231 Å². The number of para-hydroxylation sites is 3. The maximum atomic E-state index is 2.42. The number of benzene rings is 9. The molecule has 0 aliphatic rings. The second-order valence-electron chi connectivity index (χ2n) is 14.2. The normalized spacial score (nSPS) is 11.2. The number of fused-ring (bicyclic) bond motifs is 3. The monoisotopic (exact) mass is 714 g/mol. The van der Waals surface area contributed by atoms with Crippen LogP contribution in [-0.4, -0.2) is 4.57 Å². The number of hydrogen-bond acceptors (Lipinski definition) is 1. The van der Waals surface area contributed by atoms with Gasteiger partial charge in [0.15, 0.2) is 0 Å². The van der Waals surface area contributed by atoms with Crippen LogP contribution in [-0.2, 0) is 0 Å². The first-order chi connectivity index (χ1) is 27.8. The number of rotatable bonds is 8. The Morgan fingerprint density at radius 1 is 0.286 bits per heavy atom. The van der Waals surface area contributed by atoms with Gasteiger partial charge in [-0.1, -0.05) is 170 Å². The molecule has 1 aromatic heterocycles. The Labute approximate surface area is 327 Å². The SMILES string of the molecule is c1ccc(-c2cc(-c3ccccc3)cc(N(c3ccc(-c4cccc(-n5c6ccccc6c6ccccc65)c4)cc3)c3ccccc3-c3ccccc3)c2)cc1. The minimum atomic E-state index is 1.08. The molecule has 0 spiro atoms. The van der Waals surface area contributed by atoms with E-state index in [1.165, 1.54) is 60.8 Å². The third-order valence-corrected chi connectivity index (χ3v) is 10.8. The maximum Gasteiger partial charge on any atom is 0.0541 e. The highest BCUT2D eigenvalue weighted by Crippen LogP contribution is 2.44. The Morgan fingerprint density at radius 2 is 0.768 bits per heavy atom. The van der Waals surface area contributed by atoms with E-state index in [4.69, 9.17) is 0 Å². The zero-order valence-electron chi connectivity index (χ0n) is 30.8. The van der Waals surface area contributed by atoms with Crippen molar-refractivity contribution in [2.24, 2.45) is 0 Å². The summed E-state index contributed by atoms with van der Waals surface area (Å²) in [6.07, 6.45) is 0. The van der Waals surface area contributed by atoms with E-state index in [9.17, 15) is 0 Å². The van der Waals surface area contributed by atoms with Crippen LogP contribution in [0.5, 0.6) is 0 Å². The molecule has 0 unspecified atom stereocenters. The van der Waals surface area contributed by atoms with Gasteiger partial charge in [-0.3, -0.25) is 0 Å². The summed E-state index contributed by atoms with van der Waals surface area (Å²) >= 11 is 0. The van der Waals surface area contributed by atoms with Gasteiger partial charge in [0.05, 0.1) is 16.7 Å². The summed E-state index contributed by atoms with van der Waals surface area (Å²) in [6, 6.07) is 83.1. The molecule has 0 bridgehead atoms. The van der Waals surface area contributed by atoms with Crippen molar-refractivity contribution in [3.05, 3.63) is 231 Å². The number of hydrogen-bond donors (Lipinski definition) is 0. The number of nitrogens with zero attached hydrogens (tertiary/aromatic N) is 2. The summed E-state index contributed by atoms with van der Waals surface area (Å²) in [5.41, 5.74) is 16.2. The van der Waals surface area contributed by atoms with Crippen LogP contribution in [0.1, 0.15) is 0 Å². The van der Waals surface area contributed by atoms with Gasteiger partial charge in [0.1, 0.15) is 0 Å². The first-order valence-corrected chi connectivity index (χ1v) is 19.2. The lowest BCUT2D eigenvalue weighted by Crippen LogP contribution is -2.11. The molecule has 0 fully saturated rings. The summed E-state index contributed by atoms with van der Waals surface area (Å²) in [6.45, 7) is 0. The quantitative estimate of drug-likeness (QED) is 0.152. The van der Waals surface area contributed by atoms with Gasteiger partial charge in [0, 0.05) is 33.4 Å². The molecule has 9 aromatic carbocycles. The average molecular weight is 715 g/mol. The lowest BCUT2D eigenvalue weighted by molar-refractivity contribution is 1.18. The van der Waals surface area contributed by atoms with Gasteiger partial charge >= 0.3 is 0 Å². The van der Waals surface area contributed by atoms with E-state index in [1.807, 2.05) is 0 Å². The van der Waals surface area contributed by atoms with Crippen LogP contribution >= 0.6 is 0 Å². The topological polar surface area (TPSA) is 8.17 Å². The Morgan fingerprint density at radius 3 is 1.38 bits per heavy atom. The lowest BCUT2D eigenvalue weighted by Gasteiger charge is -2.29. The van der Waals surface area contributed by atoms with Crippen molar-refractivity contribution < 1.29 is 0 Å². The zero-order valence-corrected chi connectivity index (χ0v) is 30.8. The second-order valence-corrected chi connectivity index (χ2v) is 14.2. The van der Waals surface area contributed by atoms with Crippen molar-refractivity contribution in [1.29, 1.82) is 0 Å². The molecule has 0 N–H and O–H groups in total. The van der Waals surface area contributed by atoms with Gasteiger partial charge in [-0.25, -0.2) is 0 Å². The van der Waals surface area contributed by atoms with Crippen LogP contribution in [0.3, 0.4) is 0 Å². The molecule has 2 heteroatoms. The molecule has 0 saturated heterocycles. The summed E-state index contributed by atoms with van der Waals surface area (Å²) in [5, 5.41) is 2.53. The van der Waals surface area contributed by atoms with E-state index in [0.717, 1.165) is 28.3 Å². The van der Waals surface area contributed by atoms with E-state index < -0.39 is 0 Å². The minimum absolute atomic E-state index is 1.08. The predicted octanol–water partition coefficient (Wildman–Crippen LogP) is 14.9.